The van der Waals surface area contributed by atoms with Crippen molar-refractivity contribution in [3.05, 3.63) is 149 Å². The Labute approximate surface area is 291 Å². The fraction of sp³-hybridized carbons (Fsp3) is 0.167. The number of aryl methyl sites for hydroxylation is 1. The van der Waals surface area contributed by atoms with E-state index in [4.69, 9.17) is 14.6 Å². The van der Waals surface area contributed by atoms with Crippen LogP contribution in [-0.2, 0) is 9.53 Å². The maximum absolute atomic E-state index is 12.0. The number of carbonyl (C=O) groups excluding carboxylic acids is 2. The van der Waals surface area contributed by atoms with Crippen molar-refractivity contribution >= 4 is 34.9 Å². The Morgan fingerprint density at radius 3 is 1.63 bits per heavy atom. The number of benzene rings is 5. The summed E-state index contributed by atoms with van der Waals surface area (Å²) in [5.74, 6) is 0.924. The Morgan fingerprint density at radius 1 is 0.653 bits per heavy atom. The smallest absolute Gasteiger partial charge is 0.341 e. The number of aliphatic carboxylic acids is 1. The lowest BCUT2D eigenvalue weighted by Gasteiger charge is -2.18. The van der Waals surface area contributed by atoms with E-state index in [0.717, 1.165) is 55.2 Å². The number of carboxylic acid groups (broad SMARTS) is 1. The molecule has 0 aliphatic carbocycles. The van der Waals surface area contributed by atoms with E-state index in [1.54, 1.807) is 31.7 Å². The van der Waals surface area contributed by atoms with E-state index < -0.39 is 12.6 Å². The van der Waals surface area contributed by atoms with Crippen molar-refractivity contribution in [2.75, 3.05) is 19.0 Å². The number of carboxylic acids is 1. The third kappa shape index (κ3) is 8.95. The Kier molecular flexibility index (Phi) is 11.5. The third-order valence-corrected chi connectivity index (χ3v) is 9.01. The zero-order chi connectivity index (χ0) is 34.9. The first-order valence-electron chi connectivity index (χ1n) is 16.0. The number of thioether (sulfide) groups is 1. The summed E-state index contributed by atoms with van der Waals surface area (Å²) < 4.78 is 11.8. The second-order valence-electron chi connectivity index (χ2n) is 11.6. The Hall–Kier alpha value is -5.40. The number of ketones is 2. The molecular weight excluding hydrogens is 633 g/mol. The summed E-state index contributed by atoms with van der Waals surface area (Å²) in [6.07, 6.45) is 0. The van der Waals surface area contributed by atoms with Gasteiger partial charge in [-0.15, -0.1) is 11.8 Å². The van der Waals surface area contributed by atoms with Crippen molar-refractivity contribution in [1.29, 1.82) is 0 Å². The van der Waals surface area contributed by atoms with Crippen LogP contribution in [0.25, 0.3) is 27.8 Å². The molecule has 5 aromatic carbocycles. The molecule has 0 aliphatic rings. The lowest BCUT2D eigenvalue weighted by molar-refractivity contribution is -0.139. The number of carbonyl (C=O) groups is 3. The molecule has 1 N–H and O–H groups in total. The summed E-state index contributed by atoms with van der Waals surface area (Å²) in [6.45, 7) is 7.09. The van der Waals surface area contributed by atoms with Gasteiger partial charge in [0.1, 0.15) is 11.5 Å². The van der Waals surface area contributed by atoms with Crippen LogP contribution in [-0.4, -0.2) is 41.6 Å². The van der Waals surface area contributed by atoms with E-state index in [9.17, 15) is 14.4 Å². The average molecular weight is 671 g/mol. The van der Waals surface area contributed by atoms with Crippen LogP contribution in [0.4, 0.5) is 0 Å². The van der Waals surface area contributed by atoms with E-state index in [-0.39, 0.29) is 11.6 Å². The van der Waals surface area contributed by atoms with Crippen molar-refractivity contribution in [2.45, 2.75) is 32.6 Å². The van der Waals surface area contributed by atoms with Gasteiger partial charge in [-0.2, -0.15) is 0 Å². The van der Waals surface area contributed by atoms with Gasteiger partial charge in [0, 0.05) is 21.6 Å². The molecule has 0 bridgehead atoms. The summed E-state index contributed by atoms with van der Waals surface area (Å²) in [4.78, 5) is 36.0. The zero-order valence-corrected chi connectivity index (χ0v) is 28.8. The molecule has 5 rings (SSSR count). The number of ether oxygens (including phenoxy) is 2. The van der Waals surface area contributed by atoms with Gasteiger partial charge in [0.2, 0.25) is 0 Å². The molecule has 49 heavy (non-hydrogen) atoms. The van der Waals surface area contributed by atoms with Crippen LogP contribution >= 0.6 is 11.8 Å². The number of Topliss-reactive ketones (excluding diaryl/α,β-unsaturated/α-hetero) is 2. The molecular formula is C42H38O6S. The third-order valence-electron chi connectivity index (χ3n) is 8.02. The summed E-state index contributed by atoms with van der Waals surface area (Å²) in [7, 11) is 0. The van der Waals surface area contributed by atoms with E-state index in [1.165, 1.54) is 0 Å². The monoisotopic (exact) mass is 670 g/mol. The molecule has 0 aliphatic heterocycles. The minimum Gasteiger partial charge on any atom is -0.497 e. The first kappa shape index (κ1) is 34.9. The van der Waals surface area contributed by atoms with Crippen LogP contribution in [0.15, 0.2) is 126 Å². The topological polar surface area (TPSA) is 89.9 Å². The van der Waals surface area contributed by atoms with Crippen molar-refractivity contribution in [1.82, 2.24) is 0 Å². The zero-order valence-electron chi connectivity index (χ0n) is 28.0. The molecule has 7 heteroatoms. The summed E-state index contributed by atoms with van der Waals surface area (Å²) >= 11 is 1.62. The summed E-state index contributed by atoms with van der Waals surface area (Å²) in [6, 6.07) is 37.5. The van der Waals surface area contributed by atoms with Crippen molar-refractivity contribution in [2.24, 2.45) is 0 Å². The standard InChI is InChI=1S/C42H38O6S/c1-5-47-40(26-49-38-20-21-39(27(2)22-38)48-25-41(45)46)42(32-16-12-30(13-17-32)36-10-6-8-34(23-36)28(3)43)33-18-14-31(15-19-33)37-11-7-9-35(24-37)29(4)44/h6-24H,5,25-26H2,1-4H3,(H,45,46). The highest BCUT2D eigenvalue weighted by atomic mass is 32.2. The predicted molar refractivity (Wildman–Crippen MR) is 196 cm³/mol. The second-order valence-corrected chi connectivity index (χ2v) is 12.6. The van der Waals surface area contributed by atoms with E-state index in [0.29, 0.717) is 29.2 Å². The Bertz CT molecular complexity index is 1910. The molecule has 0 unspecified atom stereocenters. The SMILES string of the molecule is CCOC(CSc1ccc(OCC(=O)O)c(C)c1)=C(c1ccc(-c2cccc(C(C)=O)c2)cc1)c1ccc(-c2cccc(C(C)=O)c2)cc1. The molecule has 0 radical (unpaired) electrons. The molecule has 0 aromatic heterocycles. The molecule has 6 nitrogen and oxygen atoms in total. The molecule has 0 fully saturated rings. The van der Waals surface area contributed by atoms with Crippen LogP contribution in [0.5, 0.6) is 5.75 Å². The summed E-state index contributed by atoms with van der Waals surface area (Å²) in [5.41, 5.74) is 9.04. The molecule has 0 saturated heterocycles. The maximum Gasteiger partial charge on any atom is 0.341 e. The van der Waals surface area contributed by atoms with Crippen LogP contribution in [0.2, 0.25) is 0 Å². The quantitative estimate of drug-likeness (QED) is 0.0715. The van der Waals surface area contributed by atoms with Gasteiger partial charge >= 0.3 is 5.97 Å². The molecule has 248 valence electrons. The number of hydrogen-bond donors (Lipinski definition) is 1. The molecule has 0 spiro atoms. The Balaban J connectivity index is 1.53. The number of rotatable bonds is 14. The molecule has 0 amide bonds. The van der Waals surface area contributed by atoms with E-state index in [2.05, 4.69) is 48.5 Å². The molecule has 0 heterocycles. The molecule has 0 atom stereocenters. The van der Waals surface area contributed by atoms with Gasteiger partial charge in [0.25, 0.3) is 0 Å². The van der Waals surface area contributed by atoms with Gasteiger partial charge in [0.15, 0.2) is 18.2 Å². The maximum atomic E-state index is 12.0. The molecule has 0 saturated carbocycles. The van der Waals surface area contributed by atoms with Crippen molar-refractivity contribution < 1.29 is 29.0 Å². The fourth-order valence-electron chi connectivity index (χ4n) is 5.51. The summed E-state index contributed by atoms with van der Waals surface area (Å²) in [5, 5.41) is 8.99. The van der Waals surface area contributed by atoms with Crippen LogP contribution in [0, 0.1) is 6.92 Å². The van der Waals surface area contributed by atoms with Gasteiger partial charge in [-0.25, -0.2) is 4.79 Å². The van der Waals surface area contributed by atoms with E-state index >= 15 is 0 Å². The van der Waals surface area contributed by atoms with Gasteiger partial charge in [-0.1, -0.05) is 84.9 Å². The lowest BCUT2D eigenvalue weighted by atomic mass is 9.92. The van der Waals surface area contributed by atoms with E-state index in [1.807, 2.05) is 74.5 Å². The van der Waals surface area contributed by atoms with Gasteiger partial charge in [-0.05, 0) is 97.0 Å². The highest BCUT2D eigenvalue weighted by molar-refractivity contribution is 7.99. The second kappa shape index (κ2) is 16.1. The molecule has 5 aromatic rings. The Morgan fingerprint density at radius 2 is 1.18 bits per heavy atom. The van der Waals surface area contributed by atoms with Crippen molar-refractivity contribution in [3.63, 3.8) is 0 Å². The van der Waals surface area contributed by atoms with Gasteiger partial charge in [-0.3, -0.25) is 9.59 Å². The van der Waals surface area contributed by atoms with Crippen LogP contribution in [0.1, 0.15) is 58.2 Å². The van der Waals surface area contributed by atoms with Crippen LogP contribution < -0.4 is 4.74 Å². The van der Waals surface area contributed by atoms with Crippen molar-refractivity contribution in [3.8, 4) is 28.0 Å². The highest BCUT2D eigenvalue weighted by Gasteiger charge is 2.16. The number of hydrogen-bond acceptors (Lipinski definition) is 6. The largest absolute Gasteiger partial charge is 0.497 e. The fourth-order valence-corrected chi connectivity index (χ4v) is 6.45. The van der Waals surface area contributed by atoms with Crippen LogP contribution in [0.3, 0.4) is 0 Å². The first-order valence-corrected chi connectivity index (χ1v) is 17.0. The van der Waals surface area contributed by atoms with Gasteiger partial charge < -0.3 is 14.6 Å². The lowest BCUT2D eigenvalue weighted by Crippen LogP contribution is -2.10. The highest BCUT2D eigenvalue weighted by Crippen LogP contribution is 2.35. The average Bonchev–Trinajstić information content (AvgIpc) is 3.11. The minimum absolute atomic E-state index is 0.0247. The van der Waals surface area contributed by atoms with Gasteiger partial charge in [0.05, 0.1) is 12.4 Å². The normalized spacial score (nSPS) is 10.7. The first-order chi connectivity index (χ1) is 23.6. The predicted octanol–water partition coefficient (Wildman–Crippen LogP) is 9.79. The minimum atomic E-state index is -1.02.